The van der Waals surface area contributed by atoms with Crippen LogP contribution >= 0.6 is 0 Å². The molecule has 4 rings (SSSR count). The molecular weight excluding hydrogens is 298 g/mol. The molecule has 2 aromatic carbocycles. The Labute approximate surface area is 139 Å². The lowest BCUT2D eigenvalue weighted by atomic mass is 10.0. The molecule has 0 aliphatic carbocycles. The third kappa shape index (κ3) is 2.24. The number of para-hydroxylation sites is 1. The molecule has 0 radical (unpaired) electrons. The van der Waals surface area contributed by atoms with Crippen LogP contribution in [0.1, 0.15) is 21.6 Å². The molecule has 1 aliphatic heterocycles. The maximum atomic E-state index is 12.8. The van der Waals surface area contributed by atoms with Crippen molar-refractivity contribution >= 4 is 11.6 Å². The van der Waals surface area contributed by atoms with Crippen molar-refractivity contribution in [1.29, 1.82) is 5.26 Å². The van der Waals surface area contributed by atoms with Crippen LogP contribution in [0.15, 0.2) is 66.9 Å². The van der Waals surface area contributed by atoms with Crippen LogP contribution in [-0.2, 0) is 6.54 Å². The van der Waals surface area contributed by atoms with Crippen LogP contribution in [-0.4, -0.2) is 10.9 Å². The standard InChI is InChI=1S/C20H13N3O/c21-11-14-10-17-18(22-12-14)13-23(20(17)24)19-9-5-4-8-16(19)15-6-2-1-3-7-15/h1-10,12H,13H2. The summed E-state index contributed by atoms with van der Waals surface area (Å²) in [6, 6.07) is 21.5. The number of pyridine rings is 1. The van der Waals surface area contributed by atoms with Crippen LogP contribution in [0.2, 0.25) is 0 Å². The van der Waals surface area contributed by atoms with Gasteiger partial charge in [0.25, 0.3) is 5.91 Å². The predicted octanol–water partition coefficient (Wildman–Crippen LogP) is 3.78. The largest absolute Gasteiger partial charge is 0.302 e. The van der Waals surface area contributed by atoms with Gasteiger partial charge in [0, 0.05) is 11.8 Å². The van der Waals surface area contributed by atoms with Gasteiger partial charge in [0.05, 0.1) is 29.1 Å². The number of fused-ring (bicyclic) bond motifs is 1. The van der Waals surface area contributed by atoms with E-state index in [1.165, 1.54) is 6.20 Å². The lowest BCUT2D eigenvalue weighted by Gasteiger charge is -2.19. The van der Waals surface area contributed by atoms with Gasteiger partial charge in [0.1, 0.15) is 6.07 Å². The molecular formula is C20H13N3O. The molecule has 114 valence electrons. The fraction of sp³-hybridized carbons (Fsp3) is 0.0500. The third-order valence-electron chi connectivity index (χ3n) is 4.16. The number of hydrogen-bond donors (Lipinski definition) is 0. The lowest BCUT2D eigenvalue weighted by Crippen LogP contribution is -2.23. The number of anilines is 1. The SMILES string of the molecule is N#Cc1cnc2c(c1)C(=O)N(c1ccccc1-c1ccccc1)C2. The van der Waals surface area contributed by atoms with Crippen molar-refractivity contribution < 1.29 is 4.79 Å². The van der Waals surface area contributed by atoms with Gasteiger partial charge in [-0.3, -0.25) is 9.78 Å². The molecule has 0 N–H and O–H groups in total. The second-order valence-electron chi connectivity index (χ2n) is 5.60. The van der Waals surface area contributed by atoms with Crippen LogP contribution < -0.4 is 4.90 Å². The Morgan fingerprint density at radius 1 is 1.00 bits per heavy atom. The normalized spacial score (nSPS) is 12.8. The summed E-state index contributed by atoms with van der Waals surface area (Å²) in [6.07, 6.45) is 1.51. The Morgan fingerprint density at radius 2 is 1.75 bits per heavy atom. The molecule has 0 atom stereocenters. The third-order valence-corrected chi connectivity index (χ3v) is 4.16. The van der Waals surface area contributed by atoms with E-state index in [1.807, 2.05) is 60.7 Å². The molecule has 3 aromatic rings. The Hall–Kier alpha value is -3.45. The molecule has 0 unspecified atom stereocenters. The number of carbonyl (C=O) groups excluding carboxylic acids is 1. The van der Waals surface area contributed by atoms with E-state index in [9.17, 15) is 4.79 Å². The Kier molecular flexibility index (Phi) is 3.33. The van der Waals surface area contributed by atoms with Crippen molar-refractivity contribution in [3.05, 3.63) is 83.7 Å². The molecule has 0 saturated heterocycles. The monoisotopic (exact) mass is 311 g/mol. The van der Waals surface area contributed by atoms with Crippen molar-refractivity contribution in [3.63, 3.8) is 0 Å². The Bertz CT molecular complexity index is 974. The number of rotatable bonds is 2. The second-order valence-corrected chi connectivity index (χ2v) is 5.60. The van der Waals surface area contributed by atoms with Crippen molar-refractivity contribution in [2.45, 2.75) is 6.54 Å². The smallest absolute Gasteiger partial charge is 0.260 e. The number of nitrogens with zero attached hydrogens (tertiary/aromatic N) is 3. The summed E-state index contributed by atoms with van der Waals surface area (Å²) in [5.41, 5.74) is 4.53. The highest BCUT2D eigenvalue weighted by Gasteiger charge is 2.31. The maximum absolute atomic E-state index is 12.8. The first-order valence-corrected chi connectivity index (χ1v) is 7.63. The molecule has 1 aromatic heterocycles. The highest BCUT2D eigenvalue weighted by atomic mass is 16.2. The highest BCUT2D eigenvalue weighted by Crippen LogP contribution is 2.35. The predicted molar refractivity (Wildman–Crippen MR) is 91.3 cm³/mol. The van der Waals surface area contributed by atoms with E-state index in [0.717, 1.165) is 16.8 Å². The van der Waals surface area contributed by atoms with Crippen molar-refractivity contribution in [2.75, 3.05) is 4.90 Å². The zero-order valence-corrected chi connectivity index (χ0v) is 12.8. The average Bonchev–Trinajstić information content (AvgIpc) is 2.98. The van der Waals surface area contributed by atoms with Gasteiger partial charge in [-0.1, -0.05) is 48.5 Å². The zero-order chi connectivity index (χ0) is 16.5. The summed E-state index contributed by atoms with van der Waals surface area (Å²) < 4.78 is 0. The van der Waals surface area contributed by atoms with E-state index >= 15 is 0 Å². The van der Waals surface area contributed by atoms with Gasteiger partial charge in [-0.2, -0.15) is 5.26 Å². The quantitative estimate of drug-likeness (QED) is 0.723. The molecule has 4 heteroatoms. The Balaban J connectivity index is 1.80. The number of hydrogen-bond acceptors (Lipinski definition) is 3. The fourth-order valence-electron chi connectivity index (χ4n) is 3.00. The summed E-state index contributed by atoms with van der Waals surface area (Å²) in [6.45, 7) is 0.420. The first kappa shape index (κ1) is 14.2. The summed E-state index contributed by atoms with van der Waals surface area (Å²) in [5.74, 6) is -0.113. The summed E-state index contributed by atoms with van der Waals surface area (Å²) in [7, 11) is 0. The number of benzene rings is 2. The average molecular weight is 311 g/mol. The minimum atomic E-state index is -0.113. The molecule has 2 heterocycles. The van der Waals surface area contributed by atoms with E-state index in [2.05, 4.69) is 4.98 Å². The van der Waals surface area contributed by atoms with Gasteiger partial charge in [-0.05, 0) is 17.7 Å². The maximum Gasteiger partial charge on any atom is 0.260 e. The second kappa shape index (κ2) is 5.64. The van der Waals surface area contributed by atoms with Gasteiger partial charge >= 0.3 is 0 Å². The molecule has 24 heavy (non-hydrogen) atoms. The van der Waals surface area contributed by atoms with E-state index in [-0.39, 0.29) is 5.91 Å². The fourth-order valence-corrected chi connectivity index (χ4v) is 3.00. The first-order chi connectivity index (χ1) is 11.8. The Morgan fingerprint density at radius 3 is 2.54 bits per heavy atom. The topological polar surface area (TPSA) is 57.0 Å². The molecule has 1 amide bonds. The van der Waals surface area contributed by atoms with Gasteiger partial charge in [0.2, 0.25) is 0 Å². The van der Waals surface area contributed by atoms with Crippen molar-refractivity contribution in [1.82, 2.24) is 4.98 Å². The van der Waals surface area contributed by atoms with Crippen LogP contribution in [0.5, 0.6) is 0 Å². The molecule has 1 aliphatic rings. The van der Waals surface area contributed by atoms with E-state index in [0.29, 0.717) is 23.4 Å². The van der Waals surface area contributed by atoms with Crippen LogP contribution in [0, 0.1) is 11.3 Å². The molecule has 0 spiro atoms. The first-order valence-electron chi connectivity index (χ1n) is 7.63. The van der Waals surface area contributed by atoms with Crippen molar-refractivity contribution in [3.8, 4) is 17.2 Å². The minimum absolute atomic E-state index is 0.113. The van der Waals surface area contributed by atoms with E-state index in [1.54, 1.807) is 11.0 Å². The lowest BCUT2D eigenvalue weighted by molar-refractivity contribution is 0.0996. The van der Waals surface area contributed by atoms with Crippen molar-refractivity contribution in [2.24, 2.45) is 0 Å². The van der Waals surface area contributed by atoms with Crippen LogP contribution in [0.4, 0.5) is 5.69 Å². The zero-order valence-electron chi connectivity index (χ0n) is 12.8. The van der Waals surface area contributed by atoms with Crippen LogP contribution in [0.25, 0.3) is 11.1 Å². The molecule has 4 nitrogen and oxygen atoms in total. The van der Waals surface area contributed by atoms with Gasteiger partial charge < -0.3 is 4.90 Å². The molecule has 0 fully saturated rings. The summed E-state index contributed by atoms with van der Waals surface area (Å²) in [4.78, 5) is 18.8. The minimum Gasteiger partial charge on any atom is -0.302 e. The van der Waals surface area contributed by atoms with E-state index in [4.69, 9.17) is 5.26 Å². The number of carbonyl (C=O) groups is 1. The molecule has 0 bridgehead atoms. The molecule has 0 saturated carbocycles. The summed E-state index contributed by atoms with van der Waals surface area (Å²) >= 11 is 0. The van der Waals surface area contributed by atoms with E-state index < -0.39 is 0 Å². The summed E-state index contributed by atoms with van der Waals surface area (Å²) in [5, 5.41) is 9.02. The number of aromatic nitrogens is 1. The van der Waals surface area contributed by atoms with Gasteiger partial charge in [0.15, 0.2) is 0 Å². The van der Waals surface area contributed by atoms with Gasteiger partial charge in [-0.25, -0.2) is 0 Å². The highest BCUT2D eigenvalue weighted by molar-refractivity contribution is 6.11. The van der Waals surface area contributed by atoms with Crippen LogP contribution in [0.3, 0.4) is 0 Å². The van der Waals surface area contributed by atoms with Gasteiger partial charge in [-0.15, -0.1) is 0 Å². The number of amides is 1. The number of nitriles is 1.